The summed E-state index contributed by atoms with van der Waals surface area (Å²) in [7, 11) is 0. The molecule has 0 aliphatic carbocycles. The fourth-order valence-electron chi connectivity index (χ4n) is 3.54. The molecule has 0 bridgehead atoms. The lowest BCUT2D eigenvalue weighted by molar-refractivity contribution is 0.207. The molecule has 2 heterocycles. The first-order valence-electron chi connectivity index (χ1n) is 10.4. The molecule has 1 saturated heterocycles. The monoisotopic (exact) mass is 436 g/mol. The van der Waals surface area contributed by atoms with Gasteiger partial charge in [-0.05, 0) is 69.8 Å². The smallest absolute Gasteiger partial charge is 0.224 e. The van der Waals surface area contributed by atoms with E-state index in [0.717, 1.165) is 55.7 Å². The molecule has 1 aliphatic heterocycles. The van der Waals surface area contributed by atoms with E-state index in [0.29, 0.717) is 0 Å². The molecule has 0 unspecified atom stereocenters. The first-order valence-corrected chi connectivity index (χ1v) is 10.8. The summed E-state index contributed by atoms with van der Waals surface area (Å²) in [5, 5.41) is 3.20. The number of rotatable bonds is 8. The minimum atomic E-state index is -0.485. The summed E-state index contributed by atoms with van der Waals surface area (Å²) in [6.07, 6.45) is 3.07. The van der Waals surface area contributed by atoms with Crippen LogP contribution in [0.3, 0.4) is 0 Å². The van der Waals surface area contributed by atoms with Crippen molar-refractivity contribution in [3.63, 3.8) is 0 Å². The normalized spacial score (nSPS) is 15.6. The number of piperidine rings is 1. The van der Waals surface area contributed by atoms with E-state index in [1.54, 1.807) is 0 Å². The number of hydrogen-bond acceptors (Lipinski definition) is 6. The average molecular weight is 437 g/mol. The van der Waals surface area contributed by atoms with Gasteiger partial charge in [0.2, 0.25) is 5.28 Å². The number of nitrogens with zero attached hydrogens (tertiary/aromatic N) is 3. The number of aromatic nitrogens is 2. The Kier molecular flexibility index (Phi) is 7.72. The van der Waals surface area contributed by atoms with Crippen molar-refractivity contribution in [3.05, 3.63) is 41.1 Å². The van der Waals surface area contributed by atoms with Gasteiger partial charge < -0.3 is 14.8 Å². The molecular formula is C22H30ClFN4O2. The molecule has 3 rings (SSSR count). The van der Waals surface area contributed by atoms with Crippen LogP contribution in [0.1, 0.15) is 46.1 Å². The quantitative estimate of drug-likeness (QED) is 0.592. The third-order valence-electron chi connectivity index (χ3n) is 4.73. The van der Waals surface area contributed by atoms with E-state index in [1.807, 2.05) is 33.8 Å². The number of halogens is 2. The van der Waals surface area contributed by atoms with Crippen LogP contribution in [0.15, 0.2) is 24.4 Å². The maximum absolute atomic E-state index is 13.9. The molecule has 1 fully saturated rings. The van der Waals surface area contributed by atoms with Crippen molar-refractivity contribution in [1.82, 2.24) is 14.9 Å². The third kappa shape index (κ3) is 6.71. The molecule has 1 aromatic carbocycles. The molecule has 0 saturated carbocycles. The Morgan fingerprint density at radius 1 is 1.10 bits per heavy atom. The van der Waals surface area contributed by atoms with Gasteiger partial charge in [0.25, 0.3) is 0 Å². The van der Waals surface area contributed by atoms with Crippen LogP contribution in [0.2, 0.25) is 5.28 Å². The van der Waals surface area contributed by atoms with Gasteiger partial charge in [0.05, 0.1) is 18.4 Å². The molecule has 0 atom stereocenters. The van der Waals surface area contributed by atoms with Gasteiger partial charge in [0, 0.05) is 31.7 Å². The van der Waals surface area contributed by atoms with Gasteiger partial charge in [-0.3, -0.25) is 4.90 Å². The second-order valence-corrected chi connectivity index (χ2v) is 8.51. The highest BCUT2D eigenvalue weighted by molar-refractivity contribution is 6.28. The summed E-state index contributed by atoms with van der Waals surface area (Å²) in [6, 6.07) is 6.25. The number of hydrogen-bond donors (Lipinski definition) is 1. The van der Waals surface area contributed by atoms with Crippen molar-refractivity contribution in [2.75, 3.05) is 18.4 Å². The number of benzene rings is 1. The summed E-state index contributed by atoms with van der Waals surface area (Å²) >= 11 is 5.78. The molecule has 8 heteroatoms. The van der Waals surface area contributed by atoms with Crippen molar-refractivity contribution in [2.45, 2.75) is 65.3 Å². The van der Waals surface area contributed by atoms with Crippen molar-refractivity contribution >= 4 is 17.4 Å². The fraction of sp³-hybridized carbons (Fsp3) is 0.545. The van der Waals surface area contributed by atoms with Crippen molar-refractivity contribution < 1.29 is 13.9 Å². The van der Waals surface area contributed by atoms with Crippen LogP contribution in [0.5, 0.6) is 11.5 Å². The first-order chi connectivity index (χ1) is 14.3. The van der Waals surface area contributed by atoms with E-state index in [4.69, 9.17) is 21.1 Å². The highest BCUT2D eigenvalue weighted by atomic mass is 35.5. The van der Waals surface area contributed by atoms with Gasteiger partial charge in [-0.1, -0.05) is 0 Å². The Labute approximate surface area is 182 Å². The van der Waals surface area contributed by atoms with E-state index < -0.39 is 5.82 Å². The van der Waals surface area contributed by atoms with Crippen LogP contribution in [-0.2, 0) is 6.54 Å². The van der Waals surface area contributed by atoms with Gasteiger partial charge in [0.1, 0.15) is 11.5 Å². The standard InChI is InChI=1S/C22H30ClFN4O2/c1-14(2)29-18-9-16(10-19(11-18)30-15(3)4)13-28-7-5-17(6-8-28)26-21-20(24)12-25-22(23)27-21/h9-12,14-15,17H,5-8,13H2,1-4H3,(H,25,26,27). The van der Waals surface area contributed by atoms with Crippen LogP contribution < -0.4 is 14.8 Å². The largest absolute Gasteiger partial charge is 0.491 e. The van der Waals surface area contributed by atoms with Gasteiger partial charge >= 0.3 is 0 Å². The van der Waals surface area contributed by atoms with Crippen molar-refractivity contribution in [1.29, 1.82) is 0 Å². The van der Waals surface area contributed by atoms with Crippen molar-refractivity contribution in [2.24, 2.45) is 0 Å². The average Bonchev–Trinajstić information content (AvgIpc) is 2.65. The SMILES string of the molecule is CC(C)Oc1cc(CN2CCC(Nc3nc(Cl)ncc3F)CC2)cc(OC(C)C)c1. The van der Waals surface area contributed by atoms with Crippen LogP contribution >= 0.6 is 11.6 Å². The lowest BCUT2D eigenvalue weighted by Crippen LogP contribution is -2.39. The van der Waals surface area contributed by atoms with Crippen LogP contribution in [0, 0.1) is 5.82 Å². The highest BCUT2D eigenvalue weighted by Crippen LogP contribution is 2.27. The third-order valence-corrected chi connectivity index (χ3v) is 4.91. The molecule has 6 nitrogen and oxygen atoms in total. The Morgan fingerprint density at radius 3 is 2.27 bits per heavy atom. The Balaban J connectivity index is 1.60. The topological polar surface area (TPSA) is 59.5 Å². The molecule has 164 valence electrons. The number of ether oxygens (including phenoxy) is 2. The molecule has 2 aromatic rings. The lowest BCUT2D eigenvalue weighted by atomic mass is 10.0. The van der Waals surface area contributed by atoms with Crippen molar-refractivity contribution in [3.8, 4) is 11.5 Å². The molecule has 30 heavy (non-hydrogen) atoms. The van der Waals surface area contributed by atoms with E-state index in [2.05, 4.69) is 32.3 Å². The van der Waals surface area contributed by atoms with Crippen LogP contribution in [0.25, 0.3) is 0 Å². The van der Waals surface area contributed by atoms with E-state index in [-0.39, 0.29) is 29.4 Å². The van der Waals surface area contributed by atoms with Crippen LogP contribution in [0.4, 0.5) is 10.2 Å². The lowest BCUT2D eigenvalue weighted by Gasteiger charge is -2.32. The Hall–Kier alpha value is -2.12. The second kappa shape index (κ2) is 10.3. The van der Waals surface area contributed by atoms with E-state index in [1.165, 1.54) is 0 Å². The Morgan fingerprint density at radius 2 is 1.70 bits per heavy atom. The Bertz CT molecular complexity index is 814. The molecule has 0 spiro atoms. The number of nitrogens with one attached hydrogen (secondary N) is 1. The highest BCUT2D eigenvalue weighted by Gasteiger charge is 2.21. The zero-order valence-electron chi connectivity index (χ0n) is 18.0. The second-order valence-electron chi connectivity index (χ2n) is 8.18. The summed E-state index contributed by atoms with van der Waals surface area (Å²) in [6.45, 7) is 10.7. The number of likely N-dealkylation sites (tertiary alicyclic amines) is 1. The van der Waals surface area contributed by atoms with Gasteiger partial charge in [0.15, 0.2) is 11.6 Å². The van der Waals surface area contributed by atoms with E-state index >= 15 is 0 Å². The molecule has 0 amide bonds. The zero-order chi connectivity index (χ0) is 21.7. The summed E-state index contributed by atoms with van der Waals surface area (Å²) in [5.74, 6) is 1.33. The maximum atomic E-state index is 13.9. The van der Waals surface area contributed by atoms with Gasteiger partial charge in [-0.15, -0.1) is 0 Å². The minimum Gasteiger partial charge on any atom is -0.491 e. The zero-order valence-corrected chi connectivity index (χ0v) is 18.7. The number of anilines is 1. The first kappa shape index (κ1) is 22.6. The van der Waals surface area contributed by atoms with Crippen LogP contribution in [-0.4, -0.2) is 46.2 Å². The summed E-state index contributed by atoms with van der Waals surface area (Å²) in [4.78, 5) is 9.98. The molecule has 1 aliphatic rings. The van der Waals surface area contributed by atoms with Gasteiger partial charge in [-0.25, -0.2) is 9.37 Å². The molecule has 1 aromatic heterocycles. The summed E-state index contributed by atoms with van der Waals surface area (Å²) < 4.78 is 25.7. The molecule has 1 N–H and O–H groups in total. The minimum absolute atomic E-state index is 0.0410. The molecular weight excluding hydrogens is 407 g/mol. The predicted octanol–water partition coefficient (Wildman–Crippen LogP) is 4.92. The van der Waals surface area contributed by atoms with Gasteiger partial charge in [-0.2, -0.15) is 4.98 Å². The molecule has 0 radical (unpaired) electrons. The fourth-order valence-corrected chi connectivity index (χ4v) is 3.67. The maximum Gasteiger partial charge on any atom is 0.224 e. The van der Waals surface area contributed by atoms with E-state index in [9.17, 15) is 4.39 Å². The predicted molar refractivity (Wildman–Crippen MR) is 117 cm³/mol. The summed E-state index contributed by atoms with van der Waals surface area (Å²) in [5.41, 5.74) is 1.16.